The molecule has 0 aliphatic heterocycles. The summed E-state index contributed by atoms with van der Waals surface area (Å²) < 4.78 is 0. The second-order valence-electron chi connectivity index (χ2n) is 9.00. The van der Waals surface area contributed by atoms with Crippen molar-refractivity contribution in [2.45, 2.75) is 122 Å². The van der Waals surface area contributed by atoms with E-state index in [9.17, 15) is 9.90 Å². The van der Waals surface area contributed by atoms with Gasteiger partial charge in [0, 0.05) is 0 Å². The average molecular weight is 351 g/mol. The summed E-state index contributed by atoms with van der Waals surface area (Å²) in [5.74, 6) is 0.851. The van der Waals surface area contributed by atoms with Gasteiger partial charge in [-0.25, -0.2) is 0 Å². The normalized spacial score (nSPS) is 26.4. The van der Waals surface area contributed by atoms with Gasteiger partial charge in [-0.05, 0) is 37.5 Å². The van der Waals surface area contributed by atoms with E-state index >= 15 is 0 Å². The lowest BCUT2D eigenvalue weighted by Crippen LogP contribution is -2.42. The molecule has 0 bridgehead atoms. The van der Waals surface area contributed by atoms with Crippen molar-refractivity contribution in [1.82, 2.24) is 0 Å². The molecule has 0 aromatic carbocycles. The molecular formula is C23H42O2. The zero-order valence-electron chi connectivity index (χ0n) is 16.7. The minimum Gasteiger partial charge on any atom is -0.481 e. The fourth-order valence-corrected chi connectivity index (χ4v) is 5.55. The number of rotatable bonds is 11. The van der Waals surface area contributed by atoms with Crippen molar-refractivity contribution >= 4 is 5.97 Å². The molecule has 1 N–H and O–H groups in total. The van der Waals surface area contributed by atoms with Gasteiger partial charge in [0.05, 0.1) is 5.41 Å². The van der Waals surface area contributed by atoms with Crippen LogP contribution >= 0.6 is 0 Å². The highest BCUT2D eigenvalue weighted by atomic mass is 16.4. The molecule has 2 heteroatoms. The number of hydrogen-bond acceptors (Lipinski definition) is 1. The van der Waals surface area contributed by atoms with E-state index in [1.165, 1.54) is 89.9 Å². The second kappa shape index (κ2) is 11.2. The zero-order chi connectivity index (χ0) is 18.0. The first-order chi connectivity index (χ1) is 12.2. The molecule has 0 atom stereocenters. The van der Waals surface area contributed by atoms with E-state index in [2.05, 4.69) is 6.92 Å². The summed E-state index contributed by atoms with van der Waals surface area (Å²) in [6.07, 6.45) is 22.9. The highest BCUT2D eigenvalue weighted by Crippen LogP contribution is 2.49. The minimum atomic E-state index is -0.487. The van der Waals surface area contributed by atoms with Crippen LogP contribution in [0.25, 0.3) is 0 Å². The van der Waals surface area contributed by atoms with Gasteiger partial charge in [0.2, 0.25) is 0 Å². The van der Waals surface area contributed by atoms with Crippen LogP contribution in [-0.2, 0) is 4.79 Å². The molecule has 0 aromatic rings. The molecule has 2 aliphatic carbocycles. The maximum atomic E-state index is 12.0. The van der Waals surface area contributed by atoms with Crippen molar-refractivity contribution in [3.8, 4) is 0 Å². The van der Waals surface area contributed by atoms with E-state index in [1.54, 1.807) is 0 Å². The molecule has 0 heterocycles. The number of aliphatic carboxylic acids is 1. The average Bonchev–Trinajstić information content (AvgIpc) is 2.65. The predicted octanol–water partition coefficient (Wildman–Crippen LogP) is 7.36. The Morgan fingerprint density at radius 2 is 1.40 bits per heavy atom. The topological polar surface area (TPSA) is 37.3 Å². The molecule has 0 aromatic heterocycles. The van der Waals surface area contributed by atoms with Crippen molar-refractivity contribution in [1.29, 1.82) is 0 Å². The van der Waals surface area contributed by atoms with Crippen LogP contribution in [0.15, 0.2) is 0 Å². The fourth-order valence-electron chi connectivity index (χ4n) is 5.55. The Labute approximate surface area is 156 Å². The molecule has 0 amide bonds. The first kappa shape index (κ1) is 20.8. The van der Waals surface area contributed by atoms with Gasteiger partial charge in [0.1, 0.15) is 0 Å². The molecule has 0 unspecified atom stereocenters. The van der Waals surface area contributed by atoms with Crippen molar-refractivity contribution in [2.24, 2.45) is 17.3 Å². The largest absolute Gasteiger partial charge is 0.481 e. The Hall–Kier alpha value is -0.530. The number of unbranched alkanes of at least 4 members (excludes halogenated alkanes) is 7. The van der Waals surface area contributed by atoms with E-state index in [0.29, 0.717) is 5.92 Å². The van der Waals surface area contributed by atoms with Crippen molar-refractivity contribution in [3.63, 3.8) is 0 Å². The number of hydrogen-bond donors (Lipinski definition) is 1. The number of carboxylic acids is 1. The van der Waals surface area contributed by atoms with E-state index in [0.717, 1.165) is 31.6 Å². The molecule has 2 saturated carbocycles. The maximum absolute atomic E-state index is 12.0. The van der Waals surface area contributed by atoms with E-state index in [1.807, 2.05) is 0 Å². The minimum absolute atomic E-state index is 0.359. The molecule has 0 saturated heterocycles. The lowest BCUT2D eigenvalue weighted by Gasteiger charge is -2.43. The monoisotopic (exact) mass is 350 g/mol. The lowest BCUT2D eigenvalue weighted by molar-refractivity contribution is -0.157. The molecule has 0 spiro atoms. The molecule has 2 fully saturated rings. The van der Waals surface area contributed by atoms with Crippen molar-refractivity contribution in [3.05, 3.63) is 0 Å². The van der Waals surface area contributed by atoms with Crippen LogP contribution in [0.5, 0.6) is 0 Å². The van der Waals surface area contributed by atoms with Crippen LogP contribution in [0.4, 0.5) is 0 Å². The molecule has 2 aliphatic rings. The van der Waals surface area contributed by atoms with Gasteiger partial charge in [-0.3, -0.25) is 4.79 Å². The second-order valence-corrected chi connectivity index (χ2v) is 9.00. The molecule has 0 radical (unpaired) electrons. The van der Waals surface area contributed by atoms with Crippen LogP contribution in [0.3, 0.4) is 0 Å². The molecule has 25 heavy (non-hydrogen) atoms. The predicted molar refractivity (Wildman–Crippen MR) is 106 cm³/mol. The van der Waals surface area contributed by atoms with Crippen LogP contribution < -0.4 is 0 Å². The van der Waals surface area contributed by atoms with Crippen molar-refractivity contribution in [2.75, 3.05) is 0 Å². The van der Waals surface area contributed by atoms with Gasteiger partial charge in [-0.15, -0.1) is 0 Å². The van der Waals surface area contributed by atoms with Crippen LogP contribution in [0.2, 0.25) is 0 Å². The summed E-state index contributed by atoms with van der Waals surface area (Å²) in [6, 6.07) is 0. The summed E-state index contributed by atoms with van der Waals surface area (Å²) >= 11 is 0. The Balaban J connectivity index is 1.60. The molecule has 2 rings (SSSR count). The Kier molecular flexibility index (Phi) is 9.34. The van der Waals surface area contributed by atoms with Crippen LogP contribution in [0.1, 0.15) is 122 Å². The van der Waals surface area contributed by atoms with Crippen molar-refractivity contribution < 1.29 is 9.90 Å². The van der Waals surface area contributed by atoms with E-state index in [4.69, 9.17) is 0 Å². The summed E-state index contributed by atoms with van der Waals surface area (Å²) in [5, 5.41) is 9.88. The molecular weight excluding hydrogens is 308 g/mol. The third-order valence-electron chi connectivity index (χ3n) is 7.27. The first-order valence-corrected chi connectivity index (χ1v) is 11.4. The number of carboxylic acid groups (broad SMARTS) is 1. The summed E-state index contributed by atoms with van der Waals surface area (Å²) in [7, 11) is 0. The SMILES string of the molecule is CCCCCCCCCCC1CCC(C2(C(=O)O)CCCCC2)CC1. The third-order valence-corrected chi connectivity index (χ3v) is 7.27. The van der Waals surface area contributed by atoms with Gasteiger partial charge in [-0.2, -0.15) is 0 Å². The molecule has 146 valence electrons. The number of carbonyl (C=O) groups is 1. The van der Waals surface area contributed by atoms with Gasteiger partial charge >= 0.3 is 5.97 Å². The van der Waals surface area contributed by atoms with Crippen LogP contribution in [0, 0.1) is 17.3 Å². The fraction of sp³-hybridized carbons (Fsp3) is 0.957. The summed E-state index contributed by atoms with van der Waals surface area (Å²) in [5.41, 5.74) is -0.359. The lowest BCUT2D eigenvalue weighted by atomic mass is 9.60. The Morgan fingerprint density at radius 1 is 0.840 bits per heavy atom. The van der Waals surface area contributed by atoms with Gasteiger partial charge < -0.3 is 5.11 Å². The van der Waals surface area contributed by atoms with Gasteiger partial charge in [-0.1, -0.05) is 96.8 Å². The quantitative estimate of drug-likeness (QED) is 0.395. The molecule has 2 nitrogen and oxygen atoms in total. The van der Waals surface area contributed by atoms with Gasteiger partial charge in [0.25, 0.3) is 0 Å². The summed E-state index contributed by atoms with van der Waals surface area (Å²) in [6.45, 7) is 2.28. The van der Waals surface area contributed by atoms with Crippen LogP contribution in [-0.4, -0.2) is 11.1 Å². The smallest absolute Gasteiger partial charge is 0.309 e. The standard InChI is InChI=1S/C23H42O2/c1-2-3-4-5-6-7-8-10-13-20-14-16-21(17-15-20)23(22(24)25)18-11-9-12-19-23/h20-21H,2-19H2,1H3,(H,24,25). The Morgan fingerprint density at radius 3 is 1.96 bits per heavy atom. The highest BCUT2D eigenvalue weighted by Gasteiger charge is 2.46. The third kappa shape index (κ3) is 6.29. The maximum Gasteiger partial charge on any atom is 0.309 e. The zero-order valence-corrected chi connectivity index (χ0v) is 16.7. The summed E-state index contributed by atoms with van der Waals surface area (Å²) in [4.78, 5) is 12.0. The first-order valence-electron chi connectivity index (χ1n) is 11.4. The highest BCUT2D eigenvalue weighted by molar-refractivity contribution is 5.75. The van der Waals surface area contributed by atoms with E-state index < -0.39 is 5.97 Å². The Bertz CT molecular complexity index is 362. The van der Waals surface area contributed by atoms with E-state index in [-0.39, 0.29) is 5.41 Å². The van der Waals surface area contributed by atoms with Gasteiger partial charge in [0.15, 0.2) is 0 Å².